The van der Waals surface area contributed by atoms with E-state index in [1.165, 1.54) is 11.8 Å². The Morgan fingerprint density at radius 1 is 1.13 bits per heavy atom. The number of halogens is 2. The molecule has 0 fully saturated rings. The fourth-order valence-electron chi connectivity index (χ4n) is 3.53. The number of thioether (sulfide) groups is 1. The summed E-state index contributed by atoms with van der Waals surface area (Å²) in [5.41, 5.74) is 6.86. The van der Waals surface area contributed by atoms with Crippen LogP contribution in [0.2, 0.25) is 0 Å². The molecule has 2 aromatic carbocycles. The van der Waals surface area contributed by atoms with Crippen LogP contribution in [0, 0.1) is 11.6 Å². The maximum absolute atomic E-state index is 14.6. The van der Waals surface area contributed by atoms with Crippen LogP contribution in [0.1, 0.15) is 43.2 Å². The SMILES string of the molecule is CCCc1nnc(N2N=C(c3cc(F)ccc3F)SC2(CCCN)c2ccccc2)o1. The Balaban J connectivity index is 1.86. The maximum atomic E-state index is 14.6. The molecule has 2 N–H and O–H groups in total. The predicted molar refractivity (Wildman–Crippen MR) is 118 cm³/mol. The van der Waals surface area contributed by atoms with Gasteiger partial charge >= 0.3 is 6.01 Å². The number of hydrogen-bond donors (Lipinski definition) is 1. The molecule has 0 aliphatic carbocycles. The van der Waals surface area contributed by atoms with Gasteiger partial charge in [0.05, 0.1) is 0 Å². The Bertz CT molecular complexity index is 1070. The molecule has 0 radical (unpaired) electrons. The second-order valence-corrected chi connectivity index (χ2v) is 8.48. The standard InChI is InChI=1S/C22H23F2N5OS/c1-2-7-19-26-27-21(30-19)29-22(12-6-13-25,15-8-4-3-5-9-15)31-20(28-29)17-14-16(23)10-11-18(17)24/h3-5,8-11,14H,2,6-7,12-13,25H2,1H3. The van der Waals surface area contributed by atoms with Gasteiger partial charge in [0.1, 0.15) is 21.5 Å². The second-order valence-electron chi connectivity index (χ2n) is 7.21. The van der Waals surface area contributed by atoms with Crippen LogP contribution in [-0.2, 0) is 11.3 Å². The summed E-state index contributed by atoms with van der Waals surface area (Å²) in [7, 11) is 0. The molecule has 0 saturated heterocycles. The van der Waals surface area contributed by atoms with Crippen LogP contribution >= 0.6 is 11.8 Å². The van der Waals surface area contributed by atoms with Crippen molar-refractivity contribution in [2.45, 2.75) is 37.5 Å². The number of anilines is 1. The average Bonchev–Trinajstić information content (AvgIpc) is 3.40. The van der Waals surface area contributed by atoms with Crippen molar-refractivity contribution in [2.75, 3.05) is 11.6 Å². The van der Waals surface area contributed by atoms with Gasteiger partial charge in [-0.25, -0.2) is 8.78 Å². The van der Waals surface area contributed by atoms with Gasteiger partial charge in [0.2, 0.25) is 5.89 Å². The Hall–Kier alpha value is -2.78. The monoisotopic (exact) mass is 443 g/mol. The lowest BCUT2D eigenvalue weighted by Crippen LogP contribution is -2.38. The lowest BCUT2D eigenvalue weighted by Gasteiger charge is -2.34. The van der Waals surface area contributed by atoms with Gasteiger partial charge in [-0.15, -0.1) is 5.10 Å². The highest BCUT2D eigenvalue weighted by Crippen LogP contribution is 2.51. The third-order valence-electron chi connectivity index (χ3n) is 5.00. The molecule has 0 spiro atoms. The van der Waals surface area contributed by atoms with Gasteiger partial charge in [-0.2, -0.15) is 10.1 Å². The molecule has 9 heteroatoms. The number of hydrazone groups is 1. The third kappa shape index (κ3) is 4.20. The summed E-state index contributed by atoms with van der Waals surface area (Å²) >= 11 is 1.34. The van der Waals surface area contributed by atoms with Gasteiger partial charge < -0.3 is 10.2 Å². The number of aromatic nitrogens is 2. The van der Waals surface area contributed by atoms with Gasteiger partial charge in [-0.3, -0.25) is 0 Å². The zero-order chi connectivity index (χ0) is 21.8. The first-order valence-corrected chi connectivity index (χ1v) is 11.0. The zero-order valence-corrected chi connectivity index (χ0v) is 17.9. The number of nitrogens with two attached hydrogens (primary N) is 1. The molecule has 0 bridgehead atoms. The molecule has 4 rings (SSSR count). The highest BCUT2D eigenvalue weighted by Gasteiger charge is 2.48. The van der Waals surface area contributed by atoms with Crippen molar-refractivity contribution in [3.8, 4) is 0 Å². The summed E-state index contributed by atoms with van der Waals surface area (Å²) < 4.78 is 34.4. The van der Waals surface area contributed by atoms with E-state index < -0.39 is 16.5 Å². The summed E-state index contributed by atoms with van der Waals surface area (Å²) in [6.45, 7) is 2.49. The Morgan fingerprint density at radius 2 is 1.94 bits per heavy atom. The molecule has 1 atom stereocenters. The first-order valence-electron chi connectivity index (χ1n) is 10.2. The Labute approximate surface area is 183 Å². The van der Waals surface area contributed by atoms with Gasteiger partial charge in [0.15, 0.2) is 0 Å². The largest absolute Gasteiger partial charge is 0.407 e. The van der Waals surface area contributed by atoms with Crippen molar-refractivity contribution in [3.63, 3.8) is 0 Å². The van der Waals surface area contributed by atoms with Crippen LogP contribution < -0.4 is 10.7 Å². The highest BCUT2D eigenvalue weighted by atomic mass is 32.2. The summed E-state index contributed by atoms with van der Waals surface area (Å²) in [5, 5.41) is 15.0. The van der Waals surface area contributed by atoms with Crippen molar-refractivity contribution in [1.29, 1.82) is 0 Å². The van der Waals surface area contributed by atoms with Gasteiger partial charge in [-0.05, 0) is 49.6 Å². The topological polar surface area (TPSA) is 80.5 Å². The molecule has 0 amide bonds. The molecule has 0 saturated carbocycles. The maximum Gasteiger partial charge on any atom is 0.340 e. The van der Waals surface area contributed by atoms with Crippen molar-refractivity contribution in [2.24, 2.45) is 10.8 Å². The molecular weight excluding hydrogens is 420 g/mol. The molecule has 2 heterocycles. The van der Waals surface area contributed by atoms with Crippen LogP contribution in [-0.4, -0.2) is 21.8 Å². The Morgan fingerprint density at radius 3 is 2.68 bits per heavy atom. The third-order valence-corrected chi connectivity index (χ3v) is 6.45. The molecule has 3 aromatic rings. The van der Waals surface area contributed by atoms with Crippen molar-refractivity contribution in [3.05, 3.63) is 77.2 Å². The van der Waals surface area contributed by atoms with E-state index in [1.54, 1.807) is 5.01 Å². The first-order chi connectivity index (χ1) is 15.1. The van der Waals surface area contributed by atoms with Gasteiger partial charge in [0.25, 0.3) is 0 Å². The number of rotatable bonds is 8. The fraction of sp³-hybridized carbons (Fsp3) is 0.318. The van der Waals surface area contributed by atoms with E-state index in [9.17, 15) is 8.78 Å². The number of hydrogen-bond acceptors (Lipinski definition) is 7. The molecular formula is C22H23F2N5OS. The van der Waals surface area contributed by atoms with E-state index in [-0.39, 0.29) is 11.6 Å². The van der Waals surface area contributed by atoms with Crippen molar-refractivity contribution >= 4 is 22.8 Å². The highest BCUT2D eigenvalue weighted by molar-refractivity contribution is 8.15. The van der Waals surface area contributed by atoms with E-state index in [0.29, 0.717) is 36.7 Å². The van der Waals surface area contributed by atoms with Crippen molar-refractivity contribution in [1.82, 2.24) is 10.2 Å². The Kier molecular flexibility index (Phi) is 6.33. The lowest BCUT2D eigenvalue weighted by atomic mass is 10.0. The fourth-order valence-corrected chi connectivity index (χ4v) is 4.95. The van der Waals surface area contributed by atoms with Crippen LogP contribution in [0.3, 0.4) is 0 Å². The van der Waals surface area contributed by atoms with Gasteiger partial charge in [-0.1, -0.05) is 54.1 Å². The molecule has 1 aliphatic rings. The van der Waals surface area contributed by atoms with E-state index in [2.05, 4.69) is 15.3 Å². The van der Waals surface area contributed by atoms with Crippen LogP contribution in [0.4, 0.5) is 14.8 Å². The number of nitrogens with zero attached hydrogens (tertiary/aromatic N) is 4. The first kappa shape index (κ1) is 21.5. The molecule has 1 unspecified atom stereocenters. The summed E-state index contributed by atoms with van der Waals surface area (Å²) in [5.74, 6) is -0.579. The summed E-state index contributed by atoms with van der Waals surface area (Å²) in [6, 6.07) is 13.3. The summed E-state index contributed by atoms with van der Waals surface area (Å²) in [6.07, 6.45) is 2.77. The molecule has 1 aliphatic heterocycles. The van der Waals surface area contributed by atoms with Gasteiger partial charge in [0, 0.05) is 12.0 Å². The molecule has 6 nitrogen and oxygen atoms in total. The smallest absolute Gasteiger partial charge is 0.340 e. The van der Waals surface area contributed by atoms with E-state index in [1.807, 2.05) is 37.3 Å². The van der Waals surface area contributed by atoms with Crippen molar-refractivity contribution < 1.29 is 13.2 Å². The number of benzene rings is 2. The lowest BCUT2D eigenvalue weighted by molar-refractivity contribution is 0.438. The quantitative estimate of drug-likeness (QED) is 0.538. The minimum atomic E-state index is -0.787. The number of aryl methyl sites for hydroxylation is 1. The molecule has 1 aromatic heterocycles. The predicted octanol–water partition coefficient (Wildman–Crippen LogP) is 4.81. The van der Waals surface area contributed by atoms with Crippen LogP contribution in [0.5, 0.6) is 0 Å². The average molecular weight is 444 g/mol. The normalized spacial score (nSPS) is 18.5. The summed E-state index contributed by atoms with van der Waals surface area (Å²) in [4.78, 5) is -0.787. The van der Waals surface area contributed by atoms with Crippen LogP contribution in [0.15, 0.2) is 58.0 Å². The van der Waals surface area contributed by atoms with E-state index in [4.69, 9.17) is 10.2 Å². The minimum absolute atomic E-state index is 0.0915. The molecule has 31 heavy (non-hydrogen) atoms. The minimum Gasteiger partial charge on any atom is -0.407 e. The van der Waals surface area contributed by atoms with E-state index in [0.717, 1.165) is 30.2 Å². The van der Waals surface area contributed by atoms with E-state index >= 15 is 0 Å². The second kappa shape index (κ2) is 9.15. The van der Waals surface area contributed by atoms with Crippen LogP contribution in [0.25, 0.3) is 0 Å². The zero-order valence-electron chi connectivity index (χ0n) is 17.1. The molecule has 162 valence electrons.